The largest absolute Gasteiger partial charge is 0.369 e. The predicted octanol–water partition coefficient (Wildman–Crippen LogP) is 2.82. The molecule has 120 valence electrons. The minimum absolute atomic E-state index is 0.0539. The number of alkyl halides is 2. The fourth-order valence-corrected chi connectivity index (χ4v) is 3.56. The Morgan fingerprint density at radius 3 is 2.73 bits per heavy atom. The topological polar surface area (TPSA) is 46.3 Å². The molecule has 1 unspecified atom stereocenters. The van der Waals surface area contributed by atoms with Crippen LogP contribution in [-0.4, -0.2) is 29.8 Å². The number of hydrogen-bond donors (Lipinski definition) is 1. The van der Waals surface area contributed by atoms with Gasteiger partial charge in [-0.15, -0.1) is 0 Å². The summed E-state index contributed by atoms with van der Waals surface area (Å²) < 4.78 is 26.4. The fraction of sp³-hybridized carbons (Fsp3) is 0.588. The van der Waals surface area contributed by atoms with E-state index in [9.17, 15) is 13.6 Å². The van der Waals surface area contributed by atoms with E-state index < -0.39 is 5.92 Å². The Bertz CT molecular complexity index is 564. The Morgan fingerprint density at radius 1 is 1.32 bits per heavy atom. The van der Waals surface area contributed by atoms with Gasteiger partial charge >= 0.3 is 0 Å². The quantitative estimate of drug-likeness (QED) is 0.933. The summed E-state index contributed by atoms with van der Waals surface area (Å²) in [5.74, 6) is -2.93. The molecule has 2 aliphatic rings. The molecule has 1 fully saturated rings. The van der Waals surface area contributed by atoms with Gasteiger partial charge in [0.25, 0.3) is 5.92 Å². The minimum atomic E-state index is -2.50. The first-order valence-electron chi connectivity index (χ1n) is 7.96. The molecule has 0 spiro atoms. The Hall–Kier alpha value is -1.49. The summed E-state index contributed by atoms with van der Waals surface area (Å²) >= 11 is 0. The number of hydrogen-bond acceptors (Lipinski definition) is 2. The lowest BCUT2D eigenvalue weighted by Gasteiger charge is -2.32. The molecule has 1 heterocycles. The van der Waals surface area contributed by atoms with Crippen LogP contribution in [-0.2, 0) is 17.8 Å². The first-order chi connectivity index (χ1) is 10.4. The van der Waals surface area contributed by atoms with Crippen molar-refractivity contribution in [3.05, 3.63) is 34.9 Å². The van der Waals surface area contributed by atoms with E-state index in [1.807, 2.05) is 12.1 Å². The van der Waals surface area contributed by atoms with E-state index in [0.717, 1.165) is 30.4 Å². The number of halogens is 2. The Kier molecular flexibility index (Phi) is 4.17. The second-order valence-corrected chi connectivity index (χ2v) is 6.51. The average Bonchev–Trinajstić information content (AvgIpc) is 2.48. The highest BCUT2D eigenvalue weighted by molar-refractivity contribution is 5.82. The van der Waals surface area contributed by atoms with Crippen molar-refractivity contribution in [3.63, 3.8) is 0 Å². The Labute approximate surface area is 129 Å². The van der Waals surface area contributed by atoms with E-state index in [4.69, 9.17) is 5.73 Å². The number of amides is 1. The number of nitrogens with zero attached hydrogens (tertiary/aromatic N) is 1. The fourth-order valence-electron chi connectivity index (χ4n) is 3.56. The van der Waals surface area contributed by atoms with Gasteiger partial charge in [0.15, 0.2) is 0 Å². The van der Waals surface area contributed by atoms with E-state index in [1.165, 1.54) is 5.56 Å². The molecule has 3 rings (SSSR count). The number of carbonyl (C=O) groups is 1. The molecule has 1 saturated heterocycles. The first-order valence-corrected chi connectivity index (χ1v) is 7.96. The van der Waals surface area contributed by atoms with Crippen LogP contribution in [0.4, 0.5) is 8.78 Å². The molecular formula is C17H22F2N2O. The molecule has 0 saturated carbocycles. The van der Waals surface area contributed by atoms with E-state index >= 15 is 0 Å². The summed E-state index contributed by atoms with van der Waals surface area (Å²) in [5, 5.41) is 0. The normalized spacial score (nSPS) is 24.7. The second-order valence-electron chi connectivity index (χ2n) is 6.51. The number of nitrogens with two attached hydrogens (primary N) is 1. The van der Waals surface area contributed by atoms with E-state index in [-0.39, 0.29) is 24.7 Å². The van der Waals surface area contributed by atoms with Crippen LogP contribution in [0.15, 0.2) is 18.2 Å². The van der Waals surface area contributed by atoms with Crippen LogP contribution in [0, 0.1) is 0 Å². The van der Waals surface area contributed by atoms with E-state index in [1.54, 1.807) is 0 Å². The van der Waals surface area contributed by atoms with Gasteiger partial charge in [-0.25, -0.2) is 8.78 Å². The maximum atomic E-state index is 13.2. The molecule has 2 N–H and O–H groups in total. The second kappa shape index (κ2) is 5.95. The van der Waals surface area contributed by atoms with Crippen molar-refractivity contribution < 1.29 is 13.6 Å². The van der Waals surface area contributed by atoms with Gasteiger partial charge in [-0.2, -0.15) is 0 Å². The number of carbonyl (C=O) groups excluding carboxylic acids is 1. The zero-order chi connectivity index (χ0) is 15.7. The molecule has 3 nitrogen and oxygen atoms in total. The van der Waals surface area contributed by atoms with Gasteiger partial charge in [-0.1, -0.05) is 18.2 Å². The third kappa shape index (κ3) is 3.29. The van der Waals surface area contributed by atoms with Crippen molar-refractivity contribution in [1.29, 1.82) is 0 Å². The van der Waals surface area contributed by atoms with Crippen LogP contribution in [0.25, 0.3) is 0 Å². The third-order valence-corrected chi connectivity index (χ3v) is 4.86. The molecular weight excluding hydrogens is 286 g/mol. The van der Waals surface area contributed by atoms with Crippen LogP contribution in [0.3, 0.4) is 0 Å². The van der Waals surface area contributed by atoms with Crippen molar-refractivity contribution in [3.8, 4) is 0 Å². The molecule has 1 aliphatic heterocycles. The summed E-state index contributed by atoms with van der Waals surface area (Å²) in [6.45, 7) is 1.58. The monoisotopic (exact) mass is 308 g/mol. The van der Waals surface area contributed by atoms with Gasteiger partial charge in [0.05, 0.1) is 5.92 Å². The zero-order valence-corrected chi connectivity index (χ0v) is 12.7. The van der Waals surface area contributed by atoms with Crippen molar-refractivity contribution in [2.75, 3.05) is 13.1 Å². The molecule has 1 aromatic carbocycles. The number of likely N-dealkylation sites (tertiary alicyclic amines) is 1. The summed E-state index contributed by atoms with van der Waals surface area (Å²) in [6, 6.07) is 6.13. The minimum Gasteiger partial charge on any atom is -0.369 e. The lowest BCUT2D eigenvalue weighted by molar-refractivity contribution is -0.119. The van der Waals surface area contributed by atoms with E-state index in [0.29, 0.717) is 19.6 Å². The maximum Gasteiger partial charge on any atom is 0.250 e. The molecule has 1 aromatic rings. The first kappa shape index (κ1) is 15.4. The molecule has 1 aliphatic carbocycles. The molecule has 0 aromatic heterocycles. The van der Waals surface area contributed by atoms with Crippen LogP contribution in [0.5, 0.6) is 0 Å². The third-order valence-electron chi connectivity index (χ3n) is 4.86. The average molecular weight is 308 g/mol. The molecule has 22 heavy (non-hydrogen) atoms. The van der Waals surface area contributed by atoms with Gasteiger partial charge in [-0.3, -0.25) is 9.69 Å². The highest BCUT2D eigenvalue weighted by Crippen LogP contribution is 2.33. The van der Waals surface area contributed by atoms with Crippen molar-refractivity contribution in [2.45, 2.75) is 50.5 Å². The highest BCUT2D eigenvalue weighted by Gasteiger charge is 2.34. The van der Waals surface area contributed by atoms with Crippen molar-refractivity contribution in [1.82, 2.24) is 4.90 Å². The number of rotatable bonds is 3. The van der Waals surface area contributed by atoms with Crippen LogP contribution >= 0.6 is 0 Å². The SMILES string of the molecule is NC(=O)C1CCCc2cc(CN3CCC(F)(F)CC3)ccc21. The van der Waals surface area contributed by atoms with E-state index in [2.05, 4.69) is 11.0 Å². The summed E-state index contributed by atoms with van der Waals surface area (Å²) in [6.07, 6.45) is 2.65. The number of primary amides is 1. The van der Waals surface area contributed by atoms with Crippen LogP contribution in [0.2, 0.25) is 0 Å². The Balaban J connectivity index is 1.70. The molecule has 1 atom stereocenters. The van der Waals surface area contributed by atoms with Gasteiger partial charge in [0.2, 0.25) is 5.91 Å². The smallest absolute Gasteiger partial charge is 0.250 e. The van der Waals surface area contributed by atoms with Crippen molar-refractivity contribution in [2.24, 2.45) is 5.73 Å². The molecule has 1 amide bonds. The number of aryl methyl sites for hydroxylation is 1. The number of piperidine rings is 1. The number of benzene rings is 1. The summed E-state index contributed by atoms with van der Waals surface area (Å²) in [5.41, 5.74) is 8.85. The number of fused-ring (bicyclic) bond motifs is 1. The molecule has 0 bridgehead atoms. The van der Waals surface area contributed by atoms with Crippen molar-refractivity contribution >= 4 is 5.91 Å². The summed E-state index contributed by atoms with van der Waals surface area (Å²) in [4.78, 5) is 13.6. The van der Waals surface area contributed by atoms with Gasteiger partial charge in [0, 0.05) is 32.5 Å². The molecule has 0 radical (unpaired) electrons. The van der Waals surface area contributed by atoms with Gasteiger partial charge in [0.1, 0.15) is 0 Å². The lowest BCUT2D eigenvalue weighted by atomic mass is 9.81. The Morgan fingerprint density at radius 2 is 2.05 bits per heavy atom. The predicted molar refractivity (Wildman–Crippen MR) is 80.8 cm³/mol. The van der Waals surface area contributed by atoms with Gasteiger partial charge in [-0.05, 0) is 36.0 Å². The summed E-state index contributed by atoms with van der Waals surface area (Å²) in [7, 11) is 0. The van der Waals surface area contributed by atoms with Crippen LogP contribution in [0.1, 0.15) is 48.3 Å². The highest BCUT2D eigenvalue weighted by atomic mass is 19.3. The standard InChI is InChI=1S/C17H22F2N2O/c18-17(19)6-8-21(9-7-17)11-12-4-5-14-13(10-12)2-1-3-15(14)16(20)22/h4-5,10,15H,1-3,6-9,11H2,(H2,20,22). The molecule has 5 heteroatoms. The van der Waals surface area contributed by atoms with Crippen LogP contribution < -0.4 is 5.73 Å². The zero-order valence-electron chi connectivity index (χ0n) is 12.7. The van der Waals surface area contributed by atoms with Gasteiger partial charge < -0.3 is 5.73 Å². The maximum absolute atomic E-state index is 13.2. The lowest BCUT2D eigenvalue weighted by Crippen LogP contribution is -2.38.